The second-order valence-electron chi connectivity index (χ2n) is 2.50. The molecule has 0 radical (unpaired) electrons. The zero-order valence-electron chi connectivity index (χ0n) is 6.34. The van der Waals surface area contributed by atoms with Gasteiger partial charge >= 0.3 is 0 Å². The minimum atomic E-state index is 0.778. The van der Waals surface area contributed by atoms with Crippen LogP contribution in [-0.2, 0) is 0 Å². The summed E-state index contributed by atoms with van der Waals surface area (Å²) in [6.45, 7) is 0. The van der Waals surface area contributed by atoms with Crippen molar-refractivity contribution in [2.45, 2.75) is 0 Å². The lowest BCUT2D eigenvalue weighted by Crippen LogP contribution is -1.83. The number of nitriles is 1. The molecule has 0 N–H and O–H groups in total. The fourth-order valence-corrected chi connectivity index (χ4v) is 3.21. The van der Waals surface area contributed by atoms with Crippen LogP contribution in [0, 0.1) is 14.9 Å². The summed E-state index contributed by atoms with van der Waals surface area (Å²) in [6.07, 6.45) is 0. The predicted octanol–water partition coefficient (Wildman–Crippen LogP) is 4.14. The van der Waals surface area contributed by atoms with E-state index in [0.29, 0.717) is 0 Å². The van der Waals surface area contributed by atoms with E-state index in [9.17, 15) is 0 Å². The topological polar surface area (TPSA) is 23.8 Å². The van der Waals surface area contributed by atoms with Crippen LogP contribution < -0.4 is 0 Å². The summed E-state index contributed by atoms with van der Waals surface area (Å²) in [4.78, 5) is 0. The molecule has 0 unspecified atom stereocenters. The van der Waals surface area contributed by atoms with E-state index < -0.39 is 0 Å². The van der Waals surface area contributed by atoms with Gasteiger partial charge in [0.1, 0.15) is 6.07 Å². The summed E-state index contributed by atoms with van der Waals surface area (Å²) < 4.78 is 3.07. The van der Waals surface area contributed by atoms with Crippen molar-refractivity contribution in [3.63, 3.8) is 0 Å². The number of nitrogens with zero attached hydrogens (tertiary/aromatic N) is 1. The van der Waals surface area contributed by atoms with Crippen molar-refractivity contribution < 1.29 is 0 Å². The minimum absolute atomic E-state index is 0.778. The first kappa shape index (κ1) is 9.44. The molecule has 1 nitrogen and oxygen atoms in total. The van der Waals surface area contributed by atoms with E-state index in [4.69, 9.17) is 5.26 Å². The highest BCUT2D eigenvalue weighted by Crippen LogP contribution is 2.33. The van der Waals surface area contributed by atoms with E-state index in [1.807, 2.05) is 11.4 Å². The highest BCUT2D eigenvalue weighted by atomic mass is 127. The summed E-state index contributed by atoms with van der Waals surface area (Å²) >= 11 is 7.24. The van der Waals surface area contributed by atoms with Crippen LogP contribution in [-0.4, -0.2) is 0 Å². The standard InChI is InChI=1S/C9H3BrINS/c10-7-3-5-1-2-13-9(5)6(4-12)8(7)11/h1-3H. The van der Waals surface area contributed by atoms with Gasteiger partial charge < -0.3 is 0 Å². The summed E-state index contributed by atoms with van der Waals surface area (Å²) in [5.41, 5.74) is 0.778. The first-order valence-electron chi connectivity index (χ1n) is 3.49. The quantitative estimate of drug-likeness (QED) is 0.645. The Balaban J connectivity index is 2.98. The van der Waals surface area contributed by atoms with E-state index in [1.165, 1.54) is 0 Å². The molecule has 1 heterocycles. The maximum atomic E-state index is 8.99. The maximum Gasteiger partial charge on any atom is 0.102 e. The zero-order chi connectivity index (χ0) is 9.42. The Kier molecular flexibility index (Phi) is 2.58. The van der Waals surface area contributed by atoms with Crippen molar-refractivity contribution in [2.24, 2.45) is 0 Å². The Hall–Kier alpha value is -0.120. The summed E-state index contributed by atoms with van der Waals surface area (Å²) in [5, 5.41) is 12.1. The molecule has 2 aromatic rings. The SMILES string of the molecule is N#Cc1c(I)c(Br)cc2ccsc12. The Bertz CT molecular complexity index is 512. The van der Waals surface area contributed by atoms with Crippen LogP contribution in [0.2, 0.25) is 0 Å². The Morgan fingerprint density at radius 2 is 2.31 bits per heavy atom. The van der Waals surface area contributed by atoms with E-state index in [1.54, 1.807) is 11.3 Å². The highest BCUT2D eigenvalue weighted by molar-refractivity contribution is 14.1. The smallest absolute Gasteiger partial charge is 0.102 e. The maximum absolute atomic E-state index is 8.99. The molecule has 0 fully saturated rings. The lowest BCUT2D eigenvalue weighted by atomic mass is 10.2. The number of hydrogen-bond donors (Lipinski definition) is 0. The normalized spacial score (nSPS) is 10.2. The number of thiophene rings is 1. The van der Waals surface area contributed by atoms with Crippen LogP contribution in [0.5, 0.6) is 0 Å². The van der Waals surface area contributed by atoms with Gasteiger partial charge in [-0.1, -0.05) is 0 Å². The molecule has 0 aliphatic rings. The molecular formula is C9H3BrINS. The molecule has 1 aromatic carbocycles. The van der Waals surface area contributed by atoms with E-state index in [-0.39, 0.29) is 0 Å². The first-order chi connectivity index (χ1) is 6.24. The number of halogens is 2. The Labute approximate surface area is 102 Å². The second-order valence-corrected chi connectivity index (χ2v) is 5.35. The van der Waals surface area contributed by atoms with Gasteiger partial charge in [0.2, 0.25) is 0 Å². The number of hydrogen-bond acceptors (Lipinski definition) is 2. The van der Waals surface area contributed by atoms with Crippen LogP contribution in [0.1, 0.15) is 5.56 Å². The van der Waals surface area contributed by atoms with Gasteiger partial charge in [0.15, 0.2) is 0 Å². The number of fused-ring (bicyclic) bond motifs is 1. The molecule has 0 bridgehead atoms. The third-order valence-corrected chi connectivity index (χ3v) is 5.18. The van der Waals surface area contributed by atoms with Crippen LogP contribution in [0.15, 0.2) is 22.0 Å². The average Bonchev–Trinajstić information content (AvgIpc) is 2.54. The molecule has 0 atom stereocenters. The monoisotopic (exact) mass is 363 g/mol. The second kappa shape index (κ2) is 3.56. The van der Waals surface area contributed by atoms with Gasteiger partial charge in [-0.15, -0.1) is 11.3 Å². The van der Waals surface area contributed by atoms with Crippen molar-refractivity contribution in [3.8, 4) is 6.07 Å². The fraction of sp³-hybridized carbons (Fsp3) is 0. The van der Waals surface area contributed by atoms with Gasteiger partial charge in [0.05, 0.1) is 10.3 Å². The van der Waals surface area contributed by atoms with Crippen LogP contribution in [0.3, 0.4) is 0 Å². The van der Waals surface area contributed by atoms with Gasteiger partial charge in [-0.05, 0) is 61.4 Å². The average molecular weight is 364 g/mol. The lowest BCUT2D eigenvalue weighted by molar-refractivity contribution is 1.49. The molecule has 13 heavy (non-hydrogen) atoms. The van der Waals surface area contributed by atoms with Crippen molar-refractivity contribution >= 4 is 59.9 Å². The van der Waals surface area contributed by atoms with E-state index >= 15 is 0 Å². The van der Waals surface area contributed by atoms with Gasteiger partial charge in [-0.25, -0.2) is 0 Å². The molecule has 2 rings (SSSR count). The van der Waals surface area contributed by atoms with Crippen LogP contribution in [0.25, 0.3) is 10.1 Å². The molecular weight excluding hydrogens is 361 g/mol. The highest BCUT2D eigenvalue weighted by Gasteiger charge is 2.09. The van der Waals surface area contributed by atoms with Gasteiger partial charge in [0.25, 0.3) is 0 Å². The molecule has 0 saturated heterocycles. The first-order valence-corrected chi connectivity index (χ1v) is 6.24. The van der Waals surface area contributed by atoms with E-state index in [2.05, 4.69) is 50.7 Å². The van der Waals surface area contributed by atoms with Gasteiger partial charge in [-0.2, -0.15) is 5.26 Å². The summed E-state index contributed by atoms with van der Waals surface area (Å²) in [6, 6.07) is 6.32. The van der Waals surface area contributed by atoms with Gasteiger partial charge in [-0.3, -0.25) is 0 Å². The Morgan fingerprint density at radius 1 is 1.54 bits per heavy atom. The third kappa shape index (κ3) is 1.49. The molecule has 0 aliphatic heterocycles. The third-order valence-electron chi connectivity index (χ3n) is 1.75. The van der Waals surface area contributed by atoms with E-state index in [0.717, 1.165) is 23.7 Å². The molecule has 64 valence electrons. The minimum Gasteiger partial charge on any atom is -0.192 e. The number of rotatable bonds is 0. The molecule has 1 aromatic heterocycles. The Morgan fingerprint density at radius 3 is 3.00 bits per heavy atom. The lowest BCUT2D eigenvalue weighted by Gasteiger charge is -1.99. The molecule has 4 heteroatoms. The van der Waals surface area contributed by atoms with Crippen molar-refractivity contribution in [1.82, 2.24) is 0 Å². The number of benzene rings is 1. The van der Waals surface area contributed by atoms with Crippen molar-refractivity contribution in [1.29, 1.82) is 5.26 Å². The molecule has 0 spiro atoms. The predicted molar refractivity (Wildman–Crippen MR) is 67.0 cm³/mol. The van der Waals surface area contributed by atoms with Crippen LogP contribution >= 0.6 is 49.9 Å². The molecule has 0 amide bonds. The molecule has 0 aliphatic carbocycles. The zero-order valence-corrected chi connectivity index (χ0v) is 10.9. The fourth-order valence-electron chi connectivity index (χ4n) is 1.15. The molecule has 0 saturated carbocycles. The van der Waals surface area contributed by atoms with Crippen LogP contribution in [0.4, 0.5) is 0 Å². The summed E-state index contributed by atoms with van der Waals surface area (Å²) in [7, 11) is 0. The van der Waals surface area contributed by atoms with Crippen molar-refractivity contribution in [2.75, 3.05) is 0 Å². The largest absolute Gasteiger partial charge is 0.192 e. The van der Waals surface area contributed by atoms with Gasteiger partial charge in [0, 0.05) is 8.04 Å². The van der Waals surface area contributed by atoms with Crippen molar-refractivity contribution in [3.05, 3.63) is 31.1 Å². The summed E-state index contributed by atoms with van der Waals surface area (Å²) in [5.74, 6) is 0.